The van der Waals surface area contributed by atoms with E-state index in [9.17, 15) is 0 Å². The predicted octanol–water partition coefficient (Wildman–Crippen LogP) is 8.62. The van der Waals surface area contributed by atoms with Gasteiger partial charge in [-0.3, -0.25) is 0 Å². The summed E-state index contributed by atoms with van der Waals surface area (Å²) in [6.07, 6.45) is 20.8. The highest BCUT2D eigenvalue weighted by atomic mass is 15.1. The molecule has 0 radical (unpaired) electrons. The van der Waals surface area contributed by atoms with Gasteiger partial charge in [0, 0.05) is 5.92 Å². The van der Waals surface area contributed by atoms with Gasteiger partial charge >= 0.3 is 0 Å². The molecule has 1 aromatic carbocycles. The zero-order valence-electron chi connectivity index (χ0n) is 21.2. The molecule has 3 rings (SSSR count). The summed E-state index contributed by atoms with van der Waals surface area (Å²) in [5, 5.41) is 0. The molecule has 0 fully saturated rings. The van der Waals surface area contributed by atoms with Gasteiger partial charge in [0.1, 0.15) is 0 Å². The van der Waals surface area contributed by atoms with Gasteiger partial charge < -0.3 is 4.81 Å². The number of rotatable bonds is 13. The first-order valence-electron chi connectivity index (χ1n) is 13.1. The third-order valence-corrected chi connectivity index (χ3v) is 7.19. The molecular weight excluding hydrogens is 385 g/mol. The van der Waals surface area contributed by atoms with Crippen LogP contribution < -0.4 is 0 Å². The molecule has 0 aromatic heterocycles. The number of hydrogen-bond acceptors (Lipinski definition) is 1. The van der Waals surface area contributed by atoms with Crippen LogP contribution in [0.25, 0.3) is 5.47 Å². The fourth-order valence-corrected chi connectivity index (χ4v) is 5.80. The van der Waals surface area contributed by atoms with E-state index in [4.69, 9.17) is 0 Å². The average Bonchev–Trinajstić information content (AvgIpc) is 3.38. The van der Waals surface area contributed by atoms with E-state index >= 15 is 0 Å². The third kappa shape index (κ3) is 5.76. The average molecular weight is 430 g/mol. The molecule has 0 saturated heterocycles. The van der Waals surface area contributed by atoms with Crippen LogP contribution in [0.2, 0.25) is 5.82 Å². The van der Waals surface area contributed by atoms with Gasteiger partial charge in [0.05, 0.1) is 0 Å². The van der Waals surface area contributed by atoms with Crippen molar-refractivity contribution < 1.29 is 0 Å². The second-order valence-corrected chi connectivity index (χ2v) is 10.3. The Labute approximate surface area is 198 Å². The number of benzene rings is 1. The van der Waals surface area contributed by atoms with Gasteiger partial charge in [-0.15, -0.1) is 6.58 Å². The Kier molecular flexibility index (Phi) is 9.23. The SMILES string of the molecule is C=CCCC1=CC(B(C2=CC(CCCCCC)c3ccccc32)N(C(C)C)C(C)C)C=C1. The normalized spacial score (nSPS) is 19.6. The van der Waals surface area contributed by atoms with Gasteiger partial charge in [0.2, 0.25) is 0 Å². The Balaban J connectivity index is 1.97. The van der Waals surface area contributed by atoms with Crippen molar-refractivity contribution >= 4 is 12.3 Å². The largest absolute Gasteiger partial charge is 0.333 e. The van der Waals surface area contributed by atoms with Crippen molar-refractivity contribution in [1.29, 1.82) is 0 Å². The fourth-order valence-electron chi connectivity index (χ4n) is 5.80. The van der Waals surface area contributed by atoms with Gasteiger partial charge in [-0.25, -0.2) is 0 Å². The summed E-state index contributed by atoms with van der Waals surface area (Å²) < 4.78 is 0. The maximum Gasteiger partial charge on any atom is 0.269 e. The third-order valence-electron chi connectivity index (χ3n) is 7.19. The quantitative estimate of drug-likeness (QED) is 0.172. The summed E-state index contributed by atoms with van der Waals surface area (Å²) in [6.45, 7) is 16.0. The topological polar surface area (TPSA) is 3.24 Å². The summed E-state index contributed by atoms with van der Waals surface area (Å²) in [5.74, 6) is 0.995. The molecule has 0 amide bonds. The minimum Gasteiger partial charge on any atom is -0.333 e. The minimum absolute atomic E-state index is 0.384. The summed E-state index contributed by atoms with van der Waals surface area (Å²) in [5.41, 5.74) is 6.06. The molecule has 2 atom stereocenters. The van der Waals surface area contributed by atoms with Crippen LogP contribution in [-0.4, -0.2) is 23.7 Å². The van der Waals surface area contributed by atoms with Crippen molar-refractivity contribution in [3.8, 4) is 0 Å². The Bertz CT molecular complexity index is 836. The molecule has 0 saturated carbocycles. The Hall–Kier alpha value is -1.80. The van der Waals surface area contributed by atoms with E-state index < -0.39 is 0 Å². The molecule has 0 bridgehead atoms. The Morgan fingerprint density at radius 3 is 2.47 bits per heavy atom. The van der Waals surface area contributed by atoms with E-state index in [2.05, 4.69) is 94.6 Å². The van der Waals surface area contributed by atoms with Crippen LogP contribution in [0.1, 0.15) is 96.6 Å². The lowest BCUT2D eigenvalue weighted by molar-refractivity contribution is 0.305. The maximum absolute atomic E-state index is 3.91. The van der Waals surface area contributed by atoms with E-state index in [-0.39, 0.29) is 0 Å². The lowest BCUT2D eigenvalue weighted by Gasteiger charge is -2.39. The lowest BCUT2D eigenvalue weighted by atomic mass is 9.43. The highest BCUT2D eigenvalue weighted by Gasteiger charge is 2.40. The lowest BCUT2D eigenvalue weighted by Crippen LogP contribution is -2.50. The summed E-state index contributed by atoms with van der Waals surface area (Å²) in [6, 6.07) is 10.2. The molecule has 2 aliphatic carbocycles. The van der Waals surface area contributed by atoms with E-state index in [1.165, 1.54) is 43.2 Å². The number of allylic oxidation sites excluding steroid dienone is 6. The van der Waals surface area contributed by atoms with Gasteiger partial charge in [0.15, 0.2) is 0 Å². The first kappa shape index (κ1) is 24.8. The van der Waals surface area contributed by atoms with Crippen LogP contribution in [0.15, 0.2) is 66.8 Å². The first-order valence-corrected chi connectivity index (χ1v) is 13.1. The molecule has 1 aromatic rings. The molecule has 2 heteroatoms. The summed E-state index contributed by atoms with van der Waals surface area (Å²) in [4.78, 5) is 2.74. The molecule has 172 valence electrons. The molecule has 0 spiro atoms. The van der Waals surface area contributed by atoms with Crippen molar-refractivity contribution in [3.63, 3.8) is 0 Å². The van der Waals surface area contributed by atoms with E-state index in [1.807, 2.05) is 6.08 Å². The molecule has 2 unspecified atom stereocenters. The van der Waals surface area contributed by atoms with Crippen molar-refractivity contribution in [2.45, 2.75) is 103 Å². The van der Waals surface area contributed by atoms with Crippen molar-refractivity contribution in [1.82, 2.24) is 4.81 Å². The maximum atomic E-state index is 3.91. The highest BCUT2D eigenvalue weighted by Crippen LogP contribution is 2.45. The van der Waals surface area contributed by atoms with Crippen LogP contribution in [0.3, 0.4) is 0 Å². The number of unbranched alkanes of at least 4 members (excludes halogenated alkanes) is 3. The fraction of sp³-hybridized carbons (Fsp3) is 0.533. The zero-order valence-corrected chi connectivity index (χ0v) is 21.2. The Morgan fingerprint density at radius 1 is 1.03 bits per heavy atom. The van der Waals surface area contributed by atoms with Gasteiger partial charge in [0.25, 0.3) is 6.85 Å². The van der Waals surface area contributed by atoms with Gasteiger partial charge in [-0.1, -0.05) is 126 Å². The van der Waals surface area contributed by atoms with Gasteiger partial charge in [-0.05, 0) is 48.3 Å². The molecule has 0 N–H and O–H groups in total. The summed E-state index contributed by atoms with van der Waals surface area (Å²) >= 11 is 0. The molecule has 0 heterocycles. The van der Waals surface area contributed by atoms with Gasteiger partial charge in [-0.2, -0.15) is 0 Å². The van der Waals surface area contributed by atoms with Crippen molar-refractivity contribution in [3.05, 3.63) is 77.9 Å². The van der Waals surface area contributed by atoms with Crippen molar-refractivity contribution in [2.24, 2.45) is 0 Å². The molecule has 32 heavy (non-hydrogen) atoms. The number of hydrogen-bond donors (Lipinski definition) is 0. The van der Waals surface area contributed by atoms with E-state index in [0.29, 0.717) is 30.7 Å². The monoisotopic (exact) mass is 429 g/mol. The number of fused-ring (bicyclic) bond motifs is 1. The highest BCUT2D eigenvalue weighted by molar-refractivity contribution is 6.79. The van der Waals surface area contributed by atoms with Crippen LogP contribution in [0.4, 0.5) is 0 Å². The Morgan fingerprint density at radius 2 is 1.78 bits per heavy atom. The molecule has 2 aliphatic rings. The second-order valence-electron chi connectivity index (χ2n) is 10.3. The van der Waals surface area contributed by atoms with Crippen LogP contribution in [0.5, 0.6) is 0 Å². The van der Waals surface area contributed by atoms with E-state index in [0.717, 1.165) is 12.8 Å². The standard InChI is InChI=1S/C30H44BN/c1-7-9-11-12-16-26-22-30(29-18-14-13-17-28(26)29)31(32(23(3)4)24(5)6)27-20-19-25(21-27)15-10-8-2/h8,13-14,17-24,26-27H,2,7,9-12,15-16H2,1,3-6H3. The molecular formula is C30H44BN. The van der Waals surface area contributed by atoms with Crippen molar-refractivity contribution in [2.75, 3.05) is 0 Å². The predicted molar refractivity (Wildman–Crippen MR) is 144 cm³/mol. The first-order chi connectivity index (χ1) is 15.5. The second kappa shape index (κ2) is 11.9. The van der Waals surface area contributed by atoms with E-state index in [1.54, 1.807) is 11.0 Å². The molecule has 1 nitrogen and oxygen atoms in total. The van der Waals surface area contributed by atoms with Crippen LogP contribution >= 0.6 is 0 Å². The van der Waals surface area contributed by atoms with Crippen LogP contribution in [0, 0.1) is 0 Å². The smallest absolute Gasteiger partial charge is 0.269 e. The van der Waals surface area contributed by atoms with Crippen LogP contribution in [-0.2, 0) is 0 Å². The number of nitrogens with zero attached hydrogens (tertiary/aromatic N) is 1. The zero-order chi connectivity index (χ0) is 23.1. The summed E-state index contributed by atoms with van der Waals surface area (Å²) in [7, 11) is 0. The molecule has 0 aliphatic heterocycles. The minimum atomic E-state index is 0.384.